The molecule has 6 heteroatoms. The van der Waals surface area contributed by atoms with Crippen molar-refractivity contribution >= 4 is 10.8 Å². The van der Waals surface area contributed by atoms with Gasteiger partial charge in [0.25, 0.3) is 0 Å². The zero-order valence-electron chi connectivity index (χ0n) is 14.2. The van der Waals surface area contributed by atoms with Gasteiger partial charge in [-0.25, -0.2) is 0 Å². The number of halogens is 3. The predicted octanol–water partition coefficient (Wildman–Crippen LogP) is 4.19. The second-order valence-corrected chi connectivity index (χ2v) is 9.53. The lowest BCUT2D eigenvalue weighted by atomic mass is 9.81. The highest BCUT2D eigenvalue weighted by molar-refractivity contribution is 7.86. The van der Waals surface area contributed by atoms with Gasteiger partial charge in [0.05, 0.1) is 5.56 Å². The van der Waals surface area contributed by atoms with Crippen molar-refractivity contribution in [1.29, 1.82) is 0 Å². The van der Waals surface area contributed by atoms with Gasteiger partial charge in [0, 0.05) is 40.3 Å². The molecule has 1 saturated carbocycles. The minimum Gasteiger partial charge on any atom is -0.300 e. The maximum absolute atomic E-state index is 12.7. The van der Waals surface area contributed by atoms with E-state index >= 15 is 0 Å². The van der Waals surface area contributed by atoms with Gasteiger partial charge in [-0.05, 0) is 62.3 Å². The highest BCUT2D eigenvalue weighted by Crippen LogP contribution is 2.43. The average Bonchev–Trinajstić information content (AvgIpc) is 2.99. The van der Waals surface area contributed by atoms with E-state index in [-0.39, 0.29) is 0 Å². The van der Waals surface area contributed by atoms with Crippen LogP contribution in [0.3, 0.4) is 0 Å². The molecule has 0 atom stereocenters. The number of alkyl halides is 3. The third-order valence-corrected chi connectivity index (χ3v) is 8.19. The quantitative estimate of drug-likeness (QED) is 0.777. The van der Waals surface area contributed by atoms with E-state index < -0.39 is 22.5 Å². The maximum atomic E-state index is 12.7. The van der Waals surface area contributed by atoms with Gasteiger partial charge in [0.1, 0.15) is 0 Å². The Hall–Kier alpha value is -0.880. The Balaban J connectivity index is 1.32. The van der Waals surface area contributed by atoms with Crippen molar-refractivity contribution in [2.45, 2.75) is 50.2 Å². The first-order chi connectivity index (χ1) is 11.8. The van der Waals surface area contributed by atoms with Crippen LogP contribution in [0.25, 0.3) is 0 Å². The molecule has 0 aromatic heterocycles. The van der Waals surface area contributed by atoms with Crippen LogP contribution in [0.15, 0.2) is 24.3 Å². The molecule has 1 aromatic rings. The van der Waals surface area contributed by atoms with Gasteiger partial charge in [-0.15, -0.1) is 0 Å². The van der Waals surface area contributed by atoms with E-state index in [0.29, 0.717) is 17.4 Å². The molecule has 0 unspecified atom stereocenters. The Morgan fingerprint density at radius 1 is 1.04 bits per heavy atom. The van der Waals surface area contributed by atoms with E-state index in [9.17, 15) is 17.4 Å². The summed E-state index contributed by atoms with van der Waals surface area (Å²) in [5, 5.41) is 0. The Morgan fingerprint density at radius 3 is 2.24 bits per heavy atom. The average molecular weight is 371 g/mol. The molecular formula is C19H24F3NOS. The van der Waals surface area contributed by atoms with Gasteiger partial charge >= 0.3 is 6.18 Å². The number of rotatable bonds is 2. The lowest BCUT2D eigenvalue weighted by molar-refractivity contribution is -0.137. The standard InChI is InChI=1S/C19H24F3NOS/c20-19(21,22)16-5-1-14(2-6-16)15-3-7-17(8-4-15)23-10-9-18(11-23)12-25(24)13-18/h1-2,5-6,15,17H,3-4,7-13H2. The van der Waals surface area contributed by atoms with Gasteiger partial charge in [-0.2, -0.15) is 13.2 Å². The van der Waals surface area contributed by atoms with Gasteiger partial charge < -0.3 is 0 Å². The second-order valence-electron chi connectivity index (χ2n) is 8.07. The molecule has 1 aromatic carbocycles. The van der Waals surface area contributed by atoms with Crippen molar-refractivity contribution in [2.75, 3.05) is 24.6 Å². The molecule has 4 rings (SSSR count). The summed E-state index contributed by atoms with van der Waals surface area (Å²) in [6.45, 7) is 2.21. The van der Waals surface area contributed by atoms with Crippen molar-refractivity contribution in [2.24, 2.45) is 5.41 Å². The van der Waals surface area contributed by atoms with Gasteiger partial charge in [-0.3, -0.25) is 9.11 Å². The summed E-state index contributed by atoms with van der Waals surface area (Å²) in [5.41, 5.74) is 0.804. The van der Waals surface area contributed by atoms with E-state index in [1.165, 1.54) is 18.6 Å². The first-order valence-electron chi connectivity index (χ1n) is 9.11. The molecule has 25 heavy (non-hydrogen) atoms. The van der Waals surface area contributed by atoms with Crippen LogP contribution in [-0.4, -0.2) is 39.7 Å². The summed E-state index contributed by atoms with van der Waals surface area (Å²) in [4.78, 5) is 2.58. The number of likely N-dealkylation sites (tertiary alicyclic amines) is 1. The minimum absolute atomic E-state index is 0.329. The van der Waals surface area contributed by atoms with Crippen molar-refractivity contribution < 1.29 is 17.4 Å². The topological polar surface area (TPSA) is 20.3 Å². The van der Waals surface area contributed by atoms with Crippen LogP contribution in [0.1, 0.15) is 49.1 Å². The van der Waals surface area contributed by atoms with Crippen LogP contribution < -0.4 is 0 Å². The molecular weight excluding hydrogens is 347 g/mol. The number of benzene rings is 1. The van der Waals surface area contributed by atoms with E-state index in [0.717, 1.165) is 55.8 Å². The molecule has 0 bridgehead atoms. The monoisotopic (exact) mass is 371 g/mol. The number of hydrogen-bond donors (Lipinski definition) is 0. The summed E-state index contributed by atoms with van der Waals surface area (Å²) in [7, 11) is -0.587. The summed E-state index contributed by atoms with van der Waals surface area (Å²) >= 11 is 0. The molecule has 2 aliphatic heterocycles. The zero-order chi connectivity index (χ0) is 17.7. The van der Waals surface area contributed by atoms with Crippen LogP contribution in [0, 0.1) is 5.41 Å². The molecule has 2 heterocycles. The van der Waals surface area contributed by atoms with Crippen LogP contribution in [0.5, 0.6) is 0 Å². The minimum atomic E-state index is -4.26. The van der Waals surface area contributed by atoms with Crippen LogP contribution >= 0.6 is 0 Å². The third-order valence-electron chi connectivity index (χ3n) is 6.32. The Kier molecular flexibility index (Phi) is 4.47. The Bertz CT molecular complexity index is 642. The number of hydrogen-bond acceptors (Lipinski definition) is 2. The fraction of sp³-hybridized carbons (Fsp3) is 0.684. The Morgan fingerprint density at radius 2 is 1.68 bits per heavy atom. The third kappa shape index (κ3) is 3.52. The summed E-state index contributed by atoms with van der Waals surface area (Å²) in [5.74, 6) is 2.14. The fourth-order valence-corrected chi connectivity index (χ4v) is 6.63. The second kappa shape index (κ2) is 6.38. The summed E-state index contributed by atoms with van der Waals surface area (Å²) < 4.78 is 49.5. The van der Waals surface area contributed by atoms with Crippen LogP contribution in [-0.2, 0) is 17.0 Å². The zero-order valence-corrected chi connectivity index (χ0v) is 15.0. The first-order valence-corrected chi connectivity index (χ1v) is 10.6. The van der Waals surface area contributed by atoms with Gasteiger partial charge in [-0.1, -0.05) is 12.1 Å². The van der Waals surface area contributed by atoms with E-state index in [1.807, 2.05) is 0 Å². The van der Waals surface area contributed by atoms with E-state index in [4.69, 9.17) is 0 Å². The maximum Gasteiger partial charge on any atom is 0.416 e. The molecule has 2 nitrogen and oxygen atoms in total. The molecule has 138 valence electrons. The smallest absolute Gasteiger partial charge is 0.300 e. The van der Waals surface area contributed by atoms with E-state index in [1.54, 1.807) is 12.1 Å². The van der Waals surface area contributed by atoms with Crippen molar-refractivity contribution in [1.82, 2.24) is 4.90 Å². The van der Waals surface area contributed by atoms with E-state index in [2.05, 4.69) is 4.90 Å². The fourth-order valence-electron chi connectivity index (χ4n) is 4.88. The first kappa shape index (κ1) is 17.5. The normalized spacial score (nSPS) is 36.5. The molecule has 3 fully saturated rings. The van der Waals surface area contributed by atoms with Gasteiger partial charge in [0.15, 0.2) is 0 Å². The predicted molar refractivity (Wildman–Crippen MR) is 92.9 cm³/mol. The molecule has 0 radical (unpaired) electrons. The summed E-state index contributed by atoms with van der Waals surface area (Å²) in [6.07, 6.45) is 1.25. The molecule has 0 amide bonds. The van der Waals surface area contributed by atoms with Crippen LogP contribution in [0.2, 0.25) is 0 Å². The molecule has 2 saturated heterocycles. The Labute approximate surface area is 149 Å². The van der Waals surface area contributed by atoms with Crippen molar-refractivity contribution in [3.63, 3.8) is 0 Å². The molecule has 1 aliphatic carbocycles. The van der Waals surface area contributed by atoms with Crippen molar-refractivity contribution in [3.05, 3.63) is 35.4 Å². The van der Waals surface area contributed by atoms with Crippen molar-refractivity contribution in [3.8, 4) is 0 Å². The lowest BCUT2D eigenvalue weighted by Gasteiger charge is -2.39. The number of nitrogens with zero attached hydrogens (tertiary/aromatic N) is 1. The molecule has 1 spiro atoms. The SMILES string of the molecule is O=S1CC2(CCN(C3CCC(c4ccc(C(F)(F)F)cc4)CC3)C2)C1. The lowest BCUT2D eigenvalue weighted by Crippen LogP contribution is -2.48. The highest BCUT2D eigenvalue weighted by atomic mass is 32.2. The van der Waals surface area contributed by atoms with Crippen LogP contribution in [0.4, 0.5) is 13.2 Å². The summed E-state index contributed by atoms with van der Waals surface area (Å²) in [6, 6.07) is 6.33. The largest absolute Gasteiger partial charge is 0.416 e. The molecule has 0 N–H and O–H groups in total. The van der Waals surface area contributed by atoms with Gasteiger partial charge in [0.2, 0.25) is 0 Å². The highest BCUT2D eigenvalue weighted by Gasteiger charge is 2.48. The molecule has 3 aliphatic rings.